The summed E-state index contributed by atoms with van der Waals surface area (Å²) in [6.45, 7) is 7.87. The number of carbonyl (C=O) groups excluding carboxylic acids is 1. The number of likely N-dealkylation sites (N-methyl/N-ethyl adjacent to an activating group) is 1. The highest BCUT2D eigenvalue weighted by atomic mass is 32.2. The van der Waals surface area contributed by atoms with Crippen LogP contribution in [0.2, 0.25) is 0 Å². The van der Waals surface area contributed by atoms with Gasteiger partial charge in [-0.3, -0.25) is 14.0 Å². The molecule has 2 aliphatic rings. The van der Waals surface area contributed by atoms with E-state index in [-0.39, 0.29) is 28.2 Å². The normalized spacial score (nSPS) is 20.9. The maximum absolute atomic E-state index is 13.5. The Balaban J connectivity index is 1.76. The van der Waals surface area contributed by atoms with Crippen molar-refractivity contribution >= 4 is 33.3 Å². The Kier molecular flexibility index (Phi) is 6.72. The monoisotopic (exact) mass is 484 g/mol. The Morgan fingerprint density at radius 3 is 2.68 bits per heavy atom. The molecule has 1 N–H and O–H groups in total. The van der Waals surface area contributed by atoms with Crippen molar-refractivity contribution in [2.45, 2.75) is 26.3 Å². The van der Waals surface area contributed by atoms with Crippen molar-refractivity contribution in [1.82, 2.24) is 19.6 Å². The molecule has 0 bridgehead atoms. The van der Waals surface area contributed by atoms with Crippen LogP contribution in [-0.2, 0) is 14.6 Å². The number of piperazine rings is 1. The first kappa shape index (κ1) is 23.9. The summed E-state index contributed by atoms with van der Waals surface area (Å²) in [6.07, 6.45) is 3.20. The smallest absolute Gasteiger partial charge is 0.267 e. The molecule has 0 spiro atoms. The Morgan fingerprint density at radius 2 is 2.06 bits per heavy atom. The molecule has 11 heteroatoms. The molecule has 34 heavy (non-hydrogen) atoms. The lowest BCUT2D eigenvalue weighted by molar-refractivity contribution is -0.117. The lowest BCUT2D eigenvalue weighted by Crippen LogP contribution is -2.47. The van der Waals surface area contributed by atoms with Crippen molar-refractivity contribution in [1.29, 1.82) is 5.26 Å². The van der Waals surface area contributed by atoms with Gasteiger partial charge in [-0.2, -0.15) is 5.26 Å². The Morgan fingerprint density at radius 1 is 1.32 bits per heavy atom. The zero-order chi connectivity index (χ0) is 24.5. The Labute approximate surface area is 198 Å². The fourth-order valence-electron chi connectivity index (χ4n) is 4.41. The molecule has 2 aromatic rings. The van der Waals surface area contributed by atoms with E-state index in [0.29, 0.717) is 31.0 Å². The van der Waals surface area contributed by atoms with Crippen LogP contribution in [-0.4, -0.2) is 78.9 Å². The van der Waals surface area contributed by atoms with Gasteiger partial charge in [0.1, 0.15) is 23.1 Å². The highest BCUT2D eigenvalue weighted by Crippen LogP contribution is 2.22. The molecule has 2 fully saturated rings. The van der Waals surface area contributed by atoms with Crippen molar-refractivity contribution in [2.24, 2.45) is 0 Å². The molecule has 2 aromatic heterocycles. The number of fused-ring (bicyclic) bond motifs is 1. The topological polar surface area (TPSA) is 128 Å². The minimum atomic E-state index is -3.19. The number of sulfone groups is 1. The molecule has 2 saturated heterocycles. The van der Waals surface area contributed by atoms with Crippen molar-refractivity contribution in [2.75, 3.05) is 49.1 Å². The summed E-state index contributed by atoms with van der Waals surface area (Å²) in [6, 6.07) is 4.95. The standard InChI is InChI=1S/C23H28N6O4S/c1-3-27-8-10-28(11-9-27)21-19(23(31)29-7-4-5-16(2)20(29)26-21)13-17(14-24)22(30)25-18-6-12-34(32,33)15-18/h4-5,7,13,18H,3,6,8-12,15H2,1-2H3,(H,25,30)/b17-13+. The van der Waals surface area contributed by atoms with Crippen LogP contribution < -0.4 is 15.8 Å². The predicted molar refractivity (Wildman–Crippen MR) is 129 cm³/mol. The van der Waals surface area contributed by atoms with E-state index in [4.69, 9.17) is 4.98 Å². The van der Waals surface area contributed by atoms with Gasteiger partial charge in [0.15, 0.2) is 9.84 Å². The van der Waals surface area contributed by atoms with Crippen LogP contribution in [0.1, 0.15) is 24.5 Å². The van der Waals surface area contributed by atoms with E-state index in [0.717, 1.165) is 25.2 Å². The fraction of sp³-hybridized carbons (Fsp3) is 0.478. The SMILES string of the molecule is CCN1CCN(c2nc3c(C)cccn3c(=O)c2/C=C(\C#N)C(=O)NC2CCS(=O)(=O)C2)CC1. The highest BCUT2D eigenvalue weighted by molar-refractivity contribution is 7.91. The van der Waals surface area contributed by atoms with Gasteiger partial charge in [-0.25, -0.2) is 13.4 Å². The highest BCUT2D eigenvalue weighted by Gasteiger charge is 2.30. The maximum atomic E-state index is 13.5. The van der Waals surface area contributed by atoms with Crippen LogP contribution in [0.3, 0.4) is 0 Å². The number of nitriles is 1. The van der Waals surface area contributed by atoms with Gasteiger partial charge in [0, 0.05) is 38.4 Å². The number of hydrogen-bond acceptors (Lipinski definition) is 8. The van der Waals surface area contributed by atoms with Crippen LogP contribution in [0.5, 0.6) is 0 Å². The van der Waals surface area contributed by atoms with Gasteiger partial charge >= 0.3 is 0 Å². The number of rotatable bonds is 5. The number of nitrogens with one attached hydrogen (secondary N) is 1. The number of pyridine rings is 1. The number of aromatic nitrogens is 2. The minimum absolute atomic E-state index is 0.00667. The van der Waals surface area contributed by atoms with Gasteiger partial charge in [-0.1, -0.05) is 13.0 Å². The minimum Gasteiger partial charge on any atom is -0.353 e. The van der Waals surface area contributed by atoms with Crippen LogP contribution in [0.15, 0.2) is 28.7 Å². The number of carbonyl (C=O) groups is 1. The molecule has 0 aromatic carbocycles. The van der Waals surface area contributed by atoms with Gasteiger partial charge in [0.05, 0.1) is 17.1 Å². The van der Waals surface area contributed by atoms with Crippen LogP contribution >= 0.6 is 0 Å². The molecule has 0 radical (unpaired) electrons. The van der Waals surface area contributed by atoms with Crippen LogP contribution in [0.4, 0.5) is 5.82 Å². The zero-order valence-corrected chi connectivity index (χ0v) is 20.1. The van der Waals surface area contributed by atoms with E-state index >= 15 is 0 Å². The molecule has 0 saturated carbocycles. The zero-order valence-electron chi connectivity index (χ0n) is 19.3. The second-order valence-electron chi connectivity index (χ2n) is 8.70. The first-order valence-corrected chi connectivity index (χ1v) is 13.2. The second-order valence-corrected chi connectivity index (χ2v) is 10.9. The average Bonchev–Trinajstić information content (AvgIpc) is 3.16. The van der Waals surface area contributed by atoms with Gasteiger partial charge in [0.25, 0.3) is 11.5 Å². The quantitative estimate of drug-likeness (QED) is 0.476. The average molecular weight is 485 g/mol. The molecular formula is C23H28N6O4S. The molecule has 1 atom stereocenters. The van der Waals surface area contributed by atoms with Gasteiger partial charge in [-0.05, 0) is 37.6 Å². The summed E-state index contributed by atoms with van der Waals surface area (Å²) in [5.74, 6) is -0.393. The summed E-state index contributed by atoms with van der Waals surface area (Å²) < 4.78 is 24.9. The Bertz CT molecular complexity index is 1350. The third-order valence-electron chi connectivity index (χ3n) is 6.40. The van der Waals surface area contributed by atoms with Gasteiger partial charge in [-0.15, -0.1) is 0 Å². The van der Waals surface area contributed by atoms with E-state index in [1.807, 2.05) is 24.0 Å². The number of aryl methyl sites for hydroxylation is 1. The van der Waals surface area contributed by atoms with E-state index in [1.165, 1.54) is 10.5 Å². The summed E-state index contributed by atoms with van der Waals surface area (Å²) >= 11 is 0. The number of anilines is 1. The molecule has 10 nitrogen and oxygen atoms in total. The second kappa shape index (κ2) is 9.56. The molecule has 1 amide bonds. The molecular weight excluding hydrogens is 456 g/mol. The van der Waals surface area contributed by atoms with Crippen molar-refractivity contribution in [3.63, 3.8) is 0 Å². The van der Waals surface area contributed by atoms with Crippen molar-refractivity contribution in [3.05, 3.63) is 45.4 Å². The van der Waals surface area contributed by atoms with Crippen molar-refractivity contribution in [3.8, 4) is 6.07 Å². The van der Waals surface area contributed by atoms with Gasteiger partial charge in [0.2, 0.25) is 0 Å². The van der Waals surface area contributed by atoms with Crippen LogP contribution in [0.25, 0.3) is 11.7 Å². The molecule has 2 aliphatic heterocycles. The van der Waals surface area contributed by atoms with E-state index < -0.39 is 21.8 Å². The van der Waals surface area contributed by atoms with Gasteiger partial charge < -0.3 is 15.1 Å². The lowest BCUT2D eigenvalue weighted by Gasteiger charge is -2.35. The fourth-order valence-corrected chi connectivity index (χ4v) is 6.08. The van der Waals surface area contributed by atoms with E-state index in [9.17, 15) is 23.3 Å². The molecule has 180 valence electrons. The molecule has 4 rings (SSSR count). The molecule has 4 heterocycles. The molecule has 1 unspecified atom stereocenters. The maximum Gasteiger partial charge on any atom is 0.267 e. The van der Waals surface area contributed by atoms with Crippen molar-refractivity contribution < 1.29 is 13.2 Å². The van der Waals surface area contributed by atoms with Crippen LogP contribution in [0, 0.1) is 18.3 Å². The Hall–Kier alpha value is -3.23. The summed E-state index contributed by atoms with van der Waals surface area (Å²) in [5.41, 5.74) is 0.898. The molecule has 0 aliphatic carbocycles. The summed E-state index contributed by atoms with van der Waals surface area (Å²) in [4.78, 5) is 35.4. The summed E-state index contributed by atoms with van der Waals surface area (Å²) in [7, 11) is -3.19. The first-order chi connectivity index (χ1) is 16.2. The van der Waals surface area contributed by atoms with E-state index in [1.54, 1.807) is 12.3 Å². The first-order valence-electron chi connectivity index (χ1n) is 11.3. The largest absolute Gasteiger partial charge is 0.353 e. The number of amides is 1. The third-order valence-corrected chi connectivity index (χ3v) is 8.17. The summed E-state index contributed by atoms with van der Waals surface area (Å²) in [5, 5.41) is 12.3. The number of hydrogen-bond donors (Lipinski definition) is 1. The van der Waals surface area contributed by atoms with E-state index in [2.05, 4.69) is 17.1 Å². The lowest BCUT2D eigenvalue weighted by atomic mass is 10.1. The number of nitrogens with zero attached hydrogens (tertiary/aromatic N) is 5. The third kappa shape index (κ3) is 4.83. The predicted octanol–water partition coefficient (Wildman–Crippen LogP) is 0.355.